The summed E-state index contributed by atoms with van der Waals surface area (Å²) in [5, 5.41) is 1.93. The molecule has 48 heavy (non-hydrogen) atoms. The number of esters is 1. The lowest BCUT2D eigenvalue weighted by atomic mass is 9.87. The summed E-state index contributed by atoms with van der Waals surface area (Å²) in [5.41, 5.74) is 2.73. The van der Waals surface area contributed by atoms with Gasteiger partial charge >= 0.3 is 5.97 Å². The SMILES string of the molecule is COc1ccc([C@H]2[C@@H](C(=O)OCc3ccccc3)[C@@H](C[C@@H](CO[Si](C)(C)C(C)(C)C)O[Si](C)(C)C(C)(C)C)ON2c2ccccc2)cc1. The molecule has 1 aliphatic rings. The highest BCUT2D eigenvalue weighted by Crippen LogP contribution is 2.46. The fraction of sp³-hybridized carbons (Fsp3) is 0.513. The summed E-state index contributed by atoms with van der Waals surface area (Å²) >= 11 is 0. The van der Waals surface area contributed by atoms with Crippen molar-refractivity contribution in [3.05, 3.63) is 96.1 Å². The fourth-order valence-corrected chi connectivity index (χ4v) is 7.77. The van der Waals surface area contributed by atoms with Crippen LogP contribution in [0.5, 0.6) is 5.75 Å². The van der Waals surface area contributed by atoms with Crippen molar-refractivity contribution >= 4 is 28.3 Å². The second-order valence-corrected chi connectivity index (χ2v) is 25.5. The topological polar surface area (TPSA) is 66.5 Å². The van der Waals surface area contributed by atoms with Crippen LogP contribution in [0.2, 0.25) is 36.3 Å². The number of hydrogen-bond acceptors (Lipinski definition) is 7. The third kappa shape index (κ3) is 9.18. The summed E-state index contributed by atoms with van der Waals surface area (Å²) in [6.45, 7) is 23.2. The zero-order valence-corrected chi connectivity index (χ0v) is 32.9. The Kier molecular flexibility index (Phi) is 12.1. The molecule has 0 unspecified atom stereocenters. The van der Waals surface area contributed by atoms with E-state index < -0.39 is 34.7 Å². The third-order valence-electron chi connectivity index (χ3n) is 10.4. The lowest BCUT2D eigenvalue weighted by molar-refractivity contribution is -0.152. The van der Waals surface area contributed by atoms with Crippen LogP contribution >= 0.6 is 0 Å². The lowest BCUT2D eigenvalue weighted by Gasteiger charge is -2.42. The van der Waals surface area contributed by atoms with E-state index in [1.807, 2.05) is 90.0 Å². The standard InChI is InChI=1S/C39H57NO6Si2/c1-38(2,3)47(8,9)44-28-33(46-48(10,11)39(4,5)6)26-34-35(37(41)43-27-29-18-14-12-15-19-29)36(30-22-24-32(42-7)25-23-30)40(45-34)31-20-16-13-17-21-31/h12-25,33-36H,26-28H2,1-11H3/t33-,34+,35-,36-/m0/s1. The Morgan fingerprint density at radius 2 is 1.38 bits per heavy atom. The van der Waals surface area contributed by atoms with E-state index in [2.05, 4.69) is 67.7 Å². The smallest absolute Gasteiger partial charge is 0.314 e. The molecule has 1 saturated heterocycles. The predicted molar refractivity (Wildman–Crippen MR) is 199 cm³/mol. The number of rotatable bonds is 13. The predicted octanol–water partition coefficient (Wildman–Crippen LogP) is 9.72. The van der Waals surface area contributed by atoms with Gasteiger partial charge in [0.05, 0.1) is 31.5 Å². The molecule has 0 amide bonds. The monoisotopic (exact) mass is 691 g/mol. The zero-order chi connectivity index (χ0) is 35.3. The van der Waals surface area contributed by atoms with Crippen molar-refractivity contribution in [3.8, 4) is 5.75 Å². The molecule has 1 heterocycles. The largest absolute Gasteiger partial charge is 0.497 e. The first-order valence-electron chi connectivity index (χ1n) is 17.1. The van der Waals surface area contributed by atoms with Gasteiger partial charge in [-0.1, -0.05) is 102 Å². The maximum atomic E-state index is 14.4. The molecule has 1 fully saturated rings. The molecular weight excluding hydrogens is 635 g/mol. The highest BCUT2D eigenvalue weighted by molar-refractivity contribution is 6.74. The van der Waals surface area contributed by atoms with Crippen molar-refractivity contribution in [1.29, 1.82) is 0 Å². The van der Waals surface area contributed by atoms with Gasteiger partial charge in [0.15, 0.2) is 16.6 Å². The molecule has 7 nitrogen and oxygen atoms in total. The Hall–Kier alpha value is -2.96. The minimum absolute atomic E-state index is 0.00548. The van der Waals surface area contributed by atoms with Crippen LogP contribution in [0.4, 0.5) is 5.69 Å². The van der Waals surface area contributed by atoms with E-state index in [0.717, 1.165) is 22.6 Å². The van der Waals surface area contributed by atoms with Crippen LogP contribution in [0, 0.1) is 5.92 Å². The first-order valence-corrected chi connectivity index (χ1v) is 22.9. The van der Waals surface area contributed by atoms with Gasteiger partial charge in [0.2, 0.25) is 0 Å². The van der Waals surface area contributed by atoms with Gasteiger partial charge in [-0.15, -0.1) is 0 Å². The van der Waals surface area contributed by atoms with Gasteiger partial charge in [-0.25, -0.2) is 5.06 Å². The van der Waals surface area contributed by atoms with E-state index in [-0.39, 0.29) is 28.8 Å². The van der Waals surface area contributed by atoms with Crippen LogP contribution in [0.25, 0.3) is 0 Å². The Morgan fingerprint density at radius 3 is 1.92 bits per heavy atom. The van der Waals surface area contributed by atoms with E-state index in [9.17, 15) is 4.79 Å². The average molecular weight is 692 g/mol. The van der Waals surface area contributed by atoms with Crippen molar-refractivity contribution in [2.75, 3.05) is 18.8 Å². The molecule has 1 aliphatic heterocycles. The Morgan fingerprint density at radius 1 is 0.812 bits per heavy atom. The van der Waals surface area contributed by atoms with Gasteiger partial charge in [-0.2, -0.15) is 0 Å². The molecule has 0 aromatic heterocycles. The maximum Gasteiger partial charge on any atom is 0.314 e. The molecule has 0 saturated carbocycles. The van der Waals surface area contributed by atoms with E-state index in [0.29, 0.717) is 13.0 Å². The molecule has 0 N–H and O–H groups in total. The van der Waals surface area contributed by atoms with Crippen LogP contribution in [-0.4, -0.2) is 48.5 Å². The van der Waals surface area contributed by atoms with Gasteiger partial charge in [0, 0.05) is 6.42 Å². The Labute approximate surface area is 291 Å². The van der Waals surface area contributed by atoms with Crippen molar-refractivity contribution in [1.82, 2.24) is 0 Å². The van der Waals surface area contributed by atoms with Crippen molar-refractivity contribution in [2.45, 2.75) is 109 Å². The van der Waals surface area contributed by atoms with Gasteiger partial charge in [-0.05, 0) is 71.7 Å². The molecule has 0 bridgehead atoms. The van der Waals surface area contributed by atoms with Crippen molar-refractivity contribution in [2.24, 2.45) is 5.92 Å². The number of benzene rings is 3. The zero-order valence-electron chi connectivity index (χ0n) is 30.9. The summed E-state index contributed by atoms with van der Waals surface area (Å²) in [7, 11) is -2.67. The molecule has 4 atom stereocenters. The number of hydrogen-bond donors (Lipinski definition) is 0. The van der Waals surface area contributed by atoms with Crippen LogP contribution < -0.4 is 9.80 Å². The van der Waals surface area contributed by atoms with Crippen LogP contribution in [0.15, 0.2) is 84.9 Å². The van der Waals surface area contributed by atoms with Crippen molar-refractivity contribution < 1.29 is 28.0 Å². The number of hydroxylamine groups is 1. The number of methoxy groups -OCH3 is 1. The lowest BCUT2D eigenvalue weighted by Crippen LogP contribution is -2.49. The molecule has 0 radical (unpaired) electrons. The van der Waals surface area contributed by atoms with Gasteiger partial charge in [0.25, 0.3) is 0 Å². The first kappa shape index (κ1) is 37.9. The van der Waals surface area contributed by atoms with Crippen LogP contribution in [0.1, 0.15) is 65.1 Å². The summed E-state index contributed by atoms with van der Waals surface area (Å²) in [6.07, 6.45) is -0.331. The number of para-hydroxylation sites is 1. The minimum atomic E-state index is -2.23. The molecule has 3 aromatic carbocycles. The van der Waals surface area contributed by atoms with Crippen LogP contribution in [0.3, 0.4) is 0 Å². The number of carbonyl (C=O) groups excluding carboxylic acids is 1. The quantitative estimate of drug-likeness (QED) is 0.131. The number of nitrogens with zero attached hydrogens (tertiary/aromatic N) is 1. The van der Waals surface area contributed by atoms with E-state index >= 15 is 0 Å². The van der Waals surface area contributed by atoms with Gasteiger partial charge in [-0.3, -0.25) is 9.63 Å². The molecule has 9 heteroatoms. The van der Waals surface area contributed by atoms with Crippen molar-refractivity contribution in [3.63, 3.8) is 0 Å². The summed E-state index contributed by atoms with van der Waals surface area (Å²) in [5.74, 6) is -0.200. The highest BCUT2D eigenvalue weighted by Gasteiger charge is 2.51. The van der Waals surface area contributed by atoms with Crippen LogP contribution in [-0.2, 0) is 29.8 Å². The Bertz CT molecular complexity index is 1450. The highest BCUT2D eigenvalue weighted by atomic mass is 28.4. The van der Waals surface area contributed by atoms with E-state index in [1.165, 1.54) is 0 Å². The first-order chi connectivity index (χ1) is 22.4. The summed E-state index contributed by atoms with van der Waals surface area (Å²) in [6, 6.07) is 27.2. The molecule has 262 valence electrons. The summed E-state index contributed by atoms with van der Waals surface area (Å²) in [4.78, 5) is 21.3. The molecule has 3 aromatic rings. The maximum absolute atomic E-state index is 14.4. The number of carbonyl (C=O) groups is 1. The Balaban J connectivity index is 1.76. The minimum Gasteiger partial charge on any atom is -0.497 e. The molecular formula is C39H57NO6Si2. The second-order valence-electron chi connectivity index (χ2n) is 15.9. The normalized spacial score (nSPS) is 19.6. The molecule has 0 spiro atoms. The third-order valence-corrected chi connectivity index (χ3v) is 19.4. The van der Waals surface area contributed by atoms with E-state index in [1.54, 1.807) is 7.11 Å². The second kappa shape index (κ2) is 15.3. The summed E-state index contributed by atoms with van der Waals surface area (Å²) < 4.78 is 25.5. The van der Waals surface area contributed by atoms with E-state index in [4.69, 9.17) is 23.2 Å². The molecule has 4 rings (SSSR count). The molecule has 0 aliphatic carbocycles. The van der Waals surface area contributed by atoms with Gasteiger partial charge < -0.3 is 18.3 Å². The van der Waals surface area contributed by atoms with Gasteiger partial charge in [0.1, 0.15) is 24.4 Å². The number of ether oxygens (including phenoxy) is 2. The number of anilines is 1. The average Bonchev–Trinajstić information content (AvgIpc) is 3.41. The fourth-order valence-electron chi connectivity index (χ4n) is 5.38.